The van der Waals surface area contributed by atoms with Crippen molar-refractivity contribution in [3.63, 3.8) is 0 Å². The molecule has 9 nitrogen and oxygen atoms in total. The van der Waals surface area contributed by atoms with Crippen LogP contribution in [-0.2, 0) is 0 Å². The molecule has 1 amide bonds. The van der Waals surface area contributed by atoms with E-state index in [4.69, 9.17) is 10.2 Å². The second-order valence-electron chi connectivity index (χ2n) is 8.17. The normalized spacial score (nSPS) is 18.6. The summed E-state index contributed by atoms with van der Waals surface area (Å²) < 4.78 is 6.85. The van der Waals surface area contributed by atoms with Crippen molar-refractivity contribution in [3.8, 4) is 11.3 Å². The Labute approximate surface area is 185 Å². The number of benzene rings is 1. The van der Waals surface area contributed by atoms with Gasteiger partial charge in [0.05, 0.1) is 6.20 Å². The molecule has 0 radical (unpaired) electrons. The smallest absolute Gasteiger partial charge is 0.276 e. The number of nitrogens with zero attached hydrogens (tertiary/aromatic N) is 4. The molecule has 4 N–H and O–H groups in total. The number of aryl methyl sites for hydroxylation is 1. The molecule has 0 bridgehead atoms. The summed E-state index contributed by atoms with van der Waals surface area (Å²) >= 11 is 0. The Balaban J connectivity index is 1.34. The molecule has 1 aromatic carbocycles. The molecule has 9 heteroatoms. The zero-order valence-corrected chi connectivity index (χ0v) is 17.8. The van der Waals surface area contributed by atoms with Crippen LogP contribution in [0.25, 0.3) is 16.9 Å². The summed E-state index contributed by atoms with van der Waals surface area (Å²) in [6.45, 7) is 1.79. The maximum absolute atomic E-state index is 13.0. The van der Waals surface area contributed by atoms with E-state index in [9.17, 15) is 4.79 Å². The first-order valence-corrected chi connectivity index (χ1v) is 10.8. The molecule has 32 heavy (non-hydrogen) atoms. The summed E-state index contributed by atoms with van der Waals surface area (Å²) in [6.07, 6.45) is 7.17. The van der Waals surface area contributed by atoms with E-state index >= 15 is 0 Å². The molecule has 1 aliphatic rings. The van der Waals surface area contributed by atoms with Gasteiger partial charge in [-0.3, -0.25) is 4.79 Å². The molecule has 164 valence electrons. The van der Waals surface area contributed by atoms with Crippen LogP contribution in [0, 0.1) is 6.92 Å². The maximum Gasteiger partial charge on any atom is 0.276 e. The van der Waals surface area contributed by atoms with Gasteiger partial charge < -0.3 is 20.8 Å². The molecule has 0 spiro atoms. The minimum atomic E-state index is -0.292. The van der Waals surface area contributed by atoms with Crippen LogP contribution in [0.2, 0.25) is 0 Å². The Morgan fingerprint density at radius 3 is 2.81 bits per heavy atom. The first-order chi connectivity index (χ1) is 15.5. The van der Waals surface area contributed by atoms with Gasteiger partial charge in [0.1, 0.15) is 17.8 Å². The first kappa shape index (κ1) is 20.2. The lowest BCUT2D eigenvalue weighted by atomic mass is 9.92. The van der Waals surface area contributed by atoms with E-state index < -0.39 is 0 Å². The van der Waals surface area contributed by atoms with Crippen molar-refractivity contribution in [1.29, 1.82) is 0 Å². The summed E-state index contributed by atoms with van der Waals surface area (Å²) in [5, 5.41) is 11.0. The lowest BCUT2D eigenvalue weighted by molar-refractivity contribution is 0.102. The molecular formula is C23H25N7O2. The van der Waals surface area contributed by atoms with Crippen LogP contribution < -0.4 is 16.4 Å². The van der Waals surface area contributed by atoms with Gasteiger partial charge in [0.15, 0.2) is 17.2 Å². The summed E-state index contributed by atoms with van der Waals surface area (Å²) in [5.41, 5.74) is 9.19. The number of amides is 1. The highest BCUT2D eigenvalue weighted by atomic mass is 16.3. The Hall–Kier alpha value is -3.72. The van der Waals surface area contributed by atoms with Gasteiger partial charge in [-0.2, -0.15) is 0 Å². The van der Waals surface area contributed by atoms with Crippen LogP contribution >= 0.6 is 0 Å². The third-order valence-corrected chi connectivity index (χ3v) is 5.75. The number of nitrogens with one attached hydrogen (secondary N) is 2. The van der Waals surface area contributed by atoms with Crippen molar-refractivity contribution in [2.24, 2.45) is 5.73 Å². The maximum atomic E-state index is 13.0. The Morgan fingerprint density at radius 1 is 1.19 bits per heavy atom. The lowest BCUT2D eigenvalue weighted by Gasteiger charge is -2.27. The Morgan fingerprint density at radius 2 is 2.03 bits per heavy atom. The van der Waals surface area contributed by atoms with Gasteiger partial charge in [-0.25, -0.2) is 14.5 Å². The van der Waals surface area contributed by atoms with Gasteiger partial charge >= 0.3 is 0 Å². The highest BCUT2D eigenvalue weighted by Gasteiger charge is 2.20. The number of oxazole rings is 1. The van der Waals surface area contributed by atoms with Crippen molar-refractivity contribution < 1.29 is 9.21 Å². The number of nitrogens with two attached hydrogens (primary N) is 1. The van der Waals surface area contributed by atoms with Crippen molar-refractivity contribution >= 4 is 23.1 Å². The van der Waals surface area contributed by atoms with Crippen molar-refractivity contribution in [3.05, 3.63) is 60.4 Å². The zero-order valence-electron chi connectivity index (χ0n) is 17.8. The monoisotopic (exact) mass is 431 g/mol. The summed E-state index contributed by atoms with van der Waals surface area (Å²) in [4.78, 5) is 21.7. The predicted molar refractivity (Wildman–Crippen MR) is 121 cm³/mol. The topological polar surface area (TPSA) is 123 Å². The standard InChI is InChI=1S/C23H25N7O2/c1-14-26-19(13-32-14)15-3-2-4-18(11-15)28-23(31)20-12-25-22-10-9-21(29-30(20)22)27-17-7-5-16(24)6-8-17/h2-4,9-13,16-17H,5-8,24H2,1H3,(H,27,29)(H,28,31). The molecule has 5 rings (SSSR count). The van der Waals surface area contributed by atoms with E-state index in [-0.39, 0.29) is 5.91 Å². The number of anilines is 2. The molecule has 0 saturated heterocycles. The highest BCUT2D eigenvalue weighted by Crippen LogP contribution is 2.23. The fourth-order valence-electron chi connectivity index (χ4n) is 4.03. The second kappa shape index (κ2) is 8.43. The van der Waals surface area contributed by atoms with Crippen LogP contribution in [-0.4, -0.2) is 37.6 Å². The summed E-state index contributed by atoms with van der Waals surface area (Å²) in [7, 11) is 0. The van der Waals surface area contributed by atoms with Crippen molar-refractivity contribution in [2.75, 3.05) is 10.6 Å². The van der Waals surface area contributed by atoms with Gasteiger partial charge in [0.25, 0.3) is 5.91 Å². The third kappa shape index (κ3) is 4.19. The van der Waals surface area contributed by atoms with Crippen LogP contribution in [0.5, 0.6) is 0 Å². The van der Waals surface area contributed by atoms with Crippen molar-refractivity contribution in [1.82, 2.24) is 19.6 Å². The molecule has 1 aliphatic carbocycles. The number of rotatable bonds is 5. The predicted octanol–water partition coefficient (Wildman–Crippen LogP) is 3.63. The quantitative estimate of drug-likeness (QED) is 0.441. The fourth-order valence-corrected chi connectivity index (χ4v) is 4.03. The van der Waals surface area contributed by atoms with E-state index in [1.807, 2.05) is 36.4 Å². The molecule has 1 saturated carbocycles. The molecule has 0 unspecified atom stereocenters. The number of imidazole rings is 1. The van der Waals surface area contributed by atoms with Crippen LogP contribution in [0.1, 0.15) is 42.1 Å². The highest BCUT2D eigenvalue weighted by molar-refractivity contribution is 6.03. The molecule has 4 aromatic rings. The minimum Gasteiger partial charge on any atom is -0.449 e. The van der Waals surface area contributed by atoms with E-state index in [2.05, 4.69) is 25.7 Å². The summed E-state index contributed by atoms with van der Waals surface area (Å²) in [5.74, 6) is 1.01. The van der Waals surface area contributed by atoms with E-state index in [1.54, 1.807) is 17.7 Å². The molecule has 3 aromatic heterocycles. The Kier molecular flexibility index (Phi) is 5.32. The van der Waals surface area contributed by atoms with Gasteiger partial charge in [0, 0.05) is 30.3 Å². The molecule has 0 atom stereocenters. The summed E-state index contributed by atoms with van der Waals surface area (Å²) in [6, 6.07) is 11.8. The van der Waals surface area contributed by atoms with E-state index in [0.29, 0.717) is 40.8 Å². The fraction of sp³-hybridized carbons (Fsp3) is 0.304. The van der Waals surface area contributed by atoms with Crippen molar-refractivity contribution in [2.45, 2.75) is 44.7 Å². The largest absolute Gasteiger partial charge is 0.449 e. The van der Waals surface area contributed by atoms with E-state index in [1.165, 1.54) is 6.20 Å². The number of fused-ring (bicyclic) bond motifs is 1. The third-order valence-electron chi connectivity index (χ3n) is 5.75. The van der Waals surface area contributed by atoms with Crippen LogP contribution in [0.3, 0.4) is 0 Å². The lowest BCUT2D eigenvalue weighted by Crippen LogP contribution is -2.33. The van der Waals surface area contributed by atoms with Gasteiger partial charge in [-0.05, 0) is 49.9 Å². The van der Waals surface area contributed by atoms with Gasteiger partial charge in [-0.15, -0.1) is 5.10 Å². The second-order valence-corrected chi connectivity index (χ2v) is 8.17. The van der Waals surface area contributed by atoms with Gasteiger partial charge in [0.2, 0.25) is 0 Å². The SMILES string of the molecule is Cc1nc(-c2cccc(NC(=O)c3cnc4ccc(NC5CCC(N)CC5)nn34)c2)co1. The Bertz CT molecular complexity index is 1250. The van der Waals surface area contributed by atoms with Gasteiger partial charge in [-0.1, -0.05) is 12.1 Å². The average Bonchev–Trinajstić information content (AvgIpc) is 3.41. The number of hydrogen-bond acceptors (Lipinski definition) is 7. The van der Waals surface area contributed by atoms with Crippen LogP contribution in [0.4, 0.5) is 11.5 Å². The zero-order chi connectivity index (χ0) is 22.1. The molecule has 1 fully saturated rings. The first-order valence-electron chi connectivity index (χ1n) is 10.8. The molecule has 3 heterocycles. The average molecular weight is 432 g/mol. The van der Waals surface area contributed by atoms with Crippen LogP contribution in [0.15, 0.2) is 53.3 Å². The number of hydrogen-bond donors (Lipinski definition) is 3. The van der Waals surface area contributed by atoms with E-state index in [0.717, 1.165) is 36.9 Å². The molecule has 0 aliphatic heterocycles. The number of carbonyl (C=O) groups is 1. The number of carbonyl (C=O) groups excluding carboxylic acids is 1. The number of aromatic nitrogens is 4. The minimum absolute atomic E-state index is 0.291. The molecular weight excluding hydrogens is 406 g/mol.